The van der Waals surface area contributed by atoms with E-state index in [1.165, 1.54) is 0 Å². The fourth-order valence-electron chi connectivity index (χ4n) is 1.23. The molecule has 0 radical (unpaired) electrons. The number of nitrogens with zero attached hydrogens (tertiary/aromatic N) is 2. The highest BCUT2D eigenvalue weighted by Gasteiger charge is 2.20. The molecule has 2 aromatic rings. The summed E-state index contributed by atoms with van der Waals surface area (Å²) in [5.41, 5.74) is 1.40. The van der Waals surface area contributed by atoms with Crippen molar-refractivity contribution in [3.8, 4) is 11.4 Å². The summed E-state index contributed by atoms with van der Waals surface area (Å²) in [5, 5.41) is 3.97. The van der Waals surface area contributed by atoms with Gasteiger partial charge < -0.3 is 8.94 Å². The predicted octanol–water partition coefficient (Wildman–Crippen LogP) is 3.96. The minimum absolute atomic E-state index is 0.0377. The quantitative estimate of drug-likeness (QED) is 0.752. The van der Waals surface area contributed by atoms with Gasteiger partial charge in [0.2, 0.25) is 0 Å². The molecule has 0 atom stereocenters. The summed E-state index contributed by atoms with van der Waals surface area (Å²) < 4.78 is 10.4. The molecule has 0 N–H and O–H groups in total. The summed E-state index contributed by atoms with van der Waals surface area (Å²) in [6.07, 6.45) is 1.58. The van der Waals surface area contributed by atoms with Crippen molar-refractivity contribution in [2.75, 3.05) is 0 Å². The number of hydrogen-bond acceptors (Lipinski definition) is 4. The van der Waals surface area contributed by atoms with E-state index in [4.69, 9.17) is 8.94 Å². The van der Waals surface area contributed by atoms with Crippen molar-refractivity contribution in [1.82, 2.24) is 10.1 Å². The van der Waals surface area contributed by atoms with Crippen LogP contribution < -0.4 is 0 Å². The smallest absolute Gasteiger partial charge is 0.191 e. The Bertz CT molecular complexity index is 464. The van der Waals surface area contributed by atoms with Crippen LogP contribution in [0.15, 0.2) is 21.3 Å². The fraction of sp³-hybridized carbons (Fsp3) is 0.538. The molecule has 4 nitrogen and oxygen atoms in total. The number of aryl methyl sites for hydroxylation is 1. The highest BCUT2D eigenvalue weighted by atomic mass is 16.5. The first kappa shape index (κ1) is 13.5. The topological polar surface area (TPSA) is 52.1 Å². The molecule has 0 amide bonds. The maximum Gasteiger partial charge on any atom is 0.191 e. The predicted molar refractivity (Wildman–Crippen MR) is 66.8 cm³/mol. The monoisotopic (exact) mass is 236 g/mol. The Hall–Kier alpha value is -1.58. The largest absolute Gasteiger partial charge is 0.449 e. The van der Waals surface area contributed by atoms with Gasteiger partial charge in [0.25, 0.3) is 0 Å². The molecule has 0 aliphatic heterocycles. The molecule has 0 fully saturated rings. The Labute approximate surface area is 102 Å². The lowest BCUT2D eigenvalue weighted by atomic mass is 9.93. The first-order valence-electron chi connectivity index (χ1n) is 5.86. The van der Waals surface area contributed by atoms with Crippen molar-refractivity contribution in [1.29, 1.82) is 0 Å². The van der Waals surface area contributed by atoms with E-state index < -0.39 is 0 Å². The number of oxazole rings is 1. The van der Waals surface area contributed by atoms with Gasteiger partial charge in [-0.2, -0.15) is 0 Å². The van der Waals surface area contributed by atoms with Crippen molar-refractivity contribution >= 4 is 0 Å². The third kappa shape index (κ3) is 3.19. The van der Waals surface area contributed by atoms with Crippen molar-refractivity contribution in [3.05, 3.63) is 24.0 Å². The average molecular weight is 236 g/mol. The summed E-state index contributed by atoms with van der Waals surface area (Å²) in [6.45, 7) is 12.0. The second kappa shape index (κ2) is 5.17. The average Bonchev–Trinajstić information content (AvgIpc) is 2.87. The van der Waals surface area contributed by atoms with Gasteiger partial charge in [0, 0.05) is 18.4 Å². The van der Waals surface area contributed by atoms with Gasteiger partial charge in [-0.05, 0) is 0 Å². The molecule has 2 rings (SSSR count). The molecule has 17 heavy (non-hydrogen) atoms. The standard InChI is InChI=1S/C11H14N2O2.C2H6/c1-7-12-9(6-14-7)8-5-10(15-13-8)11(2,3)4;1-2/h5-6H,1-4H3;1-2H3. The molecule has 0 aliphatic rings. The first-order valence-corrected chi connectivity index (χ1v) is 5.86. The van der Waals surface area contributed by atoms with Crippen LogP contribution in [0.5, 0.6) is 0 Å². The van der Waals surface area contributed by atoms with E-state index >= 15 is 0 Å². The lowest BCUT2D eigenvalue weighted by Crippen LogP contribution is -2.09. The number of aromatic nitrogens is 2. The molecular weight excluding hydrogens is 216 g/mol. The zero-order valence-electron chi connectivity index (χ0n) is 11.4. The van der Waals surface area contributed by atoms with Crippen molar-refractivity contribution in [3.63, 3.8) is 0 Å². The normalized spacial score (nSPS) is 10.9. The lowest BCUT2D eigenvalue weighted by molar-refractivity contribution is 0.330. The van der Waals surface area contributed by atoms with Crippen LogP contribution in [0.2, 0.25) is 0 Å². The number of hydrogen-bond donors (Lipinski definition) is 0. The van der Waals surface area contributed by atoms with Crippen LogP contribution in [0, 0.1) is 6.92 Å². The highest BCUT2D eigenvalue weighted by molar-refractivity contribution is 5.52. The van der Waals surface area contributed by atoms with Crippen LogP contribution in [0.4, 0.5) is 0 Å². The molecular formula is C13H20N2O2. The van der Waals surface area contributed by atoms with Crippen molar-refractivity contribution in [2.24, 2.45) is 0 Å². The second-order valence-corrected chi connectivity index (χ2v) is 4.58. The minimum atomic E-state index is -0.0377. The molecule has 4 heteroatoms. The van der Waals surface area contributed by atoms with Gasteiger partial charge in [-0.3, -0.25) is 0 Å². The summed E-state index contributed by atoms with van der Waals surface area (Å²) in [6, 6.07) is 1.90. The Morgan fingerprint density at radius 1 is 1.12 bits per heavy atom. The lowest BCUT2D eigenvalue weighted by Gasteiger charge is -2.11. The molecule has 0 spiro atoms. The summed E-state index contributed by atoms with van der Waals surface area (Å²) in [7, 11) is 0. The molecule has 94 valence electrons. The van der Waals surface area contributed by atoms with Crippen LogP contribution in [-0.4, -0.2) is 10.1 Å². The summed E-state index contributed by atoms with van der Waals surface area (Å²) in [4.78, 5) is 4.19. The number of rotatable bonds is 1. The molecule has 0 bridgehead atoms. The van der Waals surface area contributed by atoms with E-state index in [1.807, 2.05) is 19.9 Å². The van der Waals surface area contributed by atoms with Crippen LogP contribution in [-0.2, 0) is 5.41 Å². The maximum absolute atomic E-state index is 5.26. The van der Waals surface area contributed by atoms with Gasteiger partial charge in [-0.25, -0.2) is 4.98 Å². The van der Waals surface area contributed by atoms with Gasteiger partial charge in [0.05, 0.1) is 0 Å². The zero-order valence-corrected chi connectivity index (χ0v) is 11.4. The first-order chi connectivity index (χ1) is 7.97. The second-order valence-electron chi connectivity index (χ2n) is 4.58. The van der Waals surface area contributed by atoms with E-state index in [2.05, 4.69) is 30.9 Å². The van der Waals surface area contributed by atoms with Crippen molar-refractivity contribution < 1.29 is 8.94 Å². The minimum Gasteiger partial charge on any atom is -0.449 e. The zero-order chi connectivity index (χ0) is 13.1. The molecule has 0 aromatic carbocycles. The SMILES string of the molecule is CC.Cc1nc(-c2cc(C(C)(C)C)on2)co1. The third-order valence-corrected chi connectivity index (χ3v) is 2.13. The van der Waals surface area contributed by atoms with Gasteiger partial charge in [-0.15, -0.1) is 0 Å². The van der Waals surface area contributed by atoms with E-state index in [0.717, 1.165) is 11.5 Å². The third-order valence-electron chi connectivity index (χ3n) is 2.13. The van der Waals surface area contributed by atoms with Crippen LogP contribution in [0.3, 0.4) is 0 Å². The Morgan fingerprint density at radius 3 is 2.18 bits per heavy atom. The van der Waals surface area contributed by atoms with Crippen molar-refractivity contribution in [2.45, 2.75) is 47.0 Å². The fourth-order valence-corrected chi connectivity index (χ4v) is 1.23. The van der Waals surface area contributed by atoms with E-state index in [-0.39, 0.29) is 5.41 Å². The van der Waals surface area contributed by atoms with E-state index in [0.29, 0.717) is 11.6 Å². The van der Waals surface area contributed by atoms with Crippen LogP contribution in [0.25, 0.3) is 11.4 Å². The van der Waals surface area contributed by atoms with Gasteiger partial charge in [0.15, 0.2) is 5.89 Å². The summed E-state index contributed by atoms with van der Waals surface area (Å²) >= 11 is 0. The highest BCUT2D eigenvalue weighted by Crippen LogP contribution is 2.26. The summed E-state index contributed by atoms with van der Waals surface area (Å²) in [5.74, 6) is 1.48. The Morgan fingerprint density at radius 2 is 1.76 bits per heavy atom. The maximum atomic E-state index is 5.26. The van der Waals surface area contributed by atoms with Crippen LogP contribution >= 0.6 is 0 Å². The van der Waals surface area contributed by atoms with E-state index in [1.54, 1.807) is 13.2 Å². The molecule has 2 aromatic heterocycles. The Kier molecular flexibility index (Phi) is 4.10. The molecule has 2 heterocycles. The van der Waals surface area contributed by atoms with E-state index in [9.17, 15) is 0 Å². The molecule has 0 aliphatic carbocycles. The van der Waals surface area contributed by atoms with Gasteiger partial charge >= 0.3 is 0 Å². The van der Waals surface area contributed by atoms with Crippen LogP contribution in [0.1, 0.15) is 46.3 Å². The van der Waals surface area contributed by atoms with Gasteiger partial charge in [0.1, 0.15) is 23.4 Å². The van der Waals surface area contributed by atoms with Gasteiger partial charge in [-0.1, -0.05) is 39.8 Å². The molecule has 0 saturated heterocycles. The molecule has 0 saturated carbocycles. The Balaban J connectivity index is 0.000000686. The molecule has 0 unspecified atom stereocenters.